The number of benzene rings is 1. The minimum Gasteiger partial charge on any atom is -0.340 e. The van der Waals surface area contributed by atoms with Gasteiger partial charge in [0.05, 0.1) is 11.7 Å². The molecule has 1 unspecified atom stereocenters. The second-order valence-corrected chi connectivity index (χ2v) is 6.55. The van der Waals surface area contributed by atoms with Gasteiger partial charge in [-0.2, -0.15) is 0 Å². The van der Waals surface area contributed by atoms with E-state index in [9.17, 15) is 14.4 Å². The molecule has 2 N–H and O–H groups in total. The van der Waals surface area contributed by atoms with Crippen molar-refractivity contribution in [3.05, 3.63) is 64.6 Å². The average molecular weight is 368 g/mol. The minimum atomic E-state index is -0.378. The average Bonchev–Trinajstić information content (AvgIpc) is 3.08. The largest absolute Gasteiger partial charge is 0.340 e. The third-order valence-corrected chi connectivity index (χ3v) is 4.66. The molecule has 2 heterocycles. The van der Waals surface area contributed by atoms with E-state index >= 15 is 0 Å². The molecule has 0 spiro atoms. The van der Waals surface area contributed by atoms with Gasteiger partial charge in [-0.3, -0.25) is 9.59 Å². The fraction of sp³-hybridized carbons (Fsp3) is 0.350. The Morgan fingerprint density at radius 2 is 1.93 bits per heavy atom. The molecule has 7 nitrogen and oxygen atoms in total. The van der Waals surface area contributed by atoms with E-state index in [0.29, 0.717) is 31.7 Å². The number of likely N-dealkylation sites (tertiary alicyclic amines) is 1. The van der Waals surface area contributed by atoms with E-state index < -0.39 is 0 Å². The predicted molar refractivity (Wildman–Crippen MR) is 104 cm³/mol. The van der Waals surface area contributed by atoms with Crippen molar-refractivity contribution in [1.29, 1.82) is 0 Å². The number of pyridine rings is 1. The lowest BCUT2D eigenvalue weighted by Crippen LogP contribution is -2.40. The van der Waals surface area contributed by atoms with E-state index in [1.807, 2.05) is 37.3 Å². The lowest BCUT2D eigenvalue weighted by molar-refractivity contribution is -0.128. The summed E-state index contributed by atoms with van der Waals surface area (Å²) in [7, 11) is 0. The summed E-state index contributed by atoms with van der Waals surface area (Å²) in [6.45, 7) is 3.54. The summed E-state index contributed by atoms with van der Waals surface area (Å²) >= 11 is 0. The number of rotatable bonds is 6. The fourth-order valence-electron chi connectivity index (χ4n) is 3.22. The lowest BCUT2D eigenvalue weighted by Gasteiger charge is -2.25. The second-order valence-electron chi connectivity index (χ2n) is 6.55. The van der Waals surface area contributed by atoms with E-state index in [-0.39, 0.29) is 23.5 Å². The van der Waals surface area contributed by atoms with E-state index in [4.69, 9.17) is 0 Å². The molecular weight excluding hydrogens is 344 g/mol. The molecule has 3 amide bonds. The number of nitrogens with zero attached hydrogens (tertiary/aromatic N) is 2. The highest BCUT2D eigenvalue weighted by Gasteiger charge is 2.25. The van der Waals surface area contributed by atoms with Gasteiger partial charge < -0.3 is 20.1 Å². The summed E-state index contributed by atoms with van der Waals surface area (Å²) in [5.74, 6) is 0.119. The molecule has 1 aliphatic rings. The van der Waals surface area contributed by atoms with E-state index in [1.54, 1.807) is 17.2 Å². The van der Waals surface area contributed by atoms with Gasteiger partial charge in [0.1, 0.15) is 0 Å². The van der Waals surface area contributed by atoms with Crippen molar-refractivity contribution < 1.29 is 9.59 Å². The summed E-state index contributed by atoms with van der Waals surface area (Å²) in [5.41, 5.74) is 1.36. The first-order chi connectivity index (χ1) is 13.1. The Hall–Kier alpha value is -3.09. The Morgan fingerprint density at radius 1 is 1.15 bits per heavy atom. The summed E-state index contributed by atoms with van der Waals surface area (Å²) in [4.78, 5) is 38.0. The van der Waals surface area contributed by atoms with Gasteiger partial charge in [-0.15, -0.1) is 0 Å². The number of amides is 3. The maximum atomic E-state index is 12.5. The zero-order valence-corrected chi connectivity index (χ0v) is 15.4. The molecule has 0 radical (unpaired) electrons. The number of urea groups is 1. The van der Waals surface area contributed by atoms with Crippen molar-refractivity contribution in [3.63, 3.8) is 0 Å². The monoisotopic (exact) mass is 368 g/mol. The number of anilines is 1. The van der Waals surface area contributed by atoms with Crippen molar-refractivity contribution in [2.75, 3.05) is 18.4 Å². The number of nitrogens with one attached hydrogen (secondary N) is 2. The van der Waals surface area contributed by atoms with Gasteiger partial charge in [0.25, 0.3) is 5.56 Å². The van der Waals surface area contributed by atoms with Crippen LogP contribution in [0.5, 0.6) is 0 Å². The number of aromatic nitrogens is 1. The van der Waals surface area contributed by atoms with Gasteiger partial charge in [0.15, 0.2) is 0 Å². The molecular formula is C20H24N4O3. The van der Waals surface area contributed by atoms with Crippen molar-refractivity contribution in [3.8, 4) is 0 Å². The molecule has 0 saturated carbocycles. The first-order valence-corrected chi connectivity index (χ1v) is 9.17. The van der Waals surface area contributed by atoms with E-state index in [1.165, 1.54) is 10.6 Å². The third-order valence-electron chi connectivity index (χ3n) is 4.66. The fourth-order valence-corrected chi connectivity index (χ4v) is 3.22. The number of hydrogen-bond donors (Lipinski definition) is 2. The number of carbonyl (C=O) groups excluding carboxylic acids is 2. The molecule has 2 aromatic rings. The summed E-state index contributed by atoms with van der Waals surface area (Å²) in [6, 6.07) is 11.9. The van der Waals surface area contributed by atoms with Crippen LogP contribution >= 0.6 is 0 Å². The van der Waals surface area contributed by atoms with Crippen LogP contribution in [-0.4, -0.2) is 34.5 Å². The molecule has 1 aliphatic heterocycles. The van der Waals surface area contributed by atoms with Gasteiger partial charge in [-0.25, -0.2) is 4.79 Å². The molecule has 0 aliphatic carbocycles. The summed E-state index contributed by atoms with van der Waals surface area (Å²) in [5, 5.41) is 5.72. The van der Waals surface area contributed by atoms with Crippen LogP contribution in [0.1, 0.15) is 31.4 Å². The van der Waals surface area contributed by atoms with Crippen LogP contribution in [0.15, 0.2) is 53.5 Å². The van der Waals surface area contributed by atoms with Gasteiger partial charge >= 0.3 is 6.03 Å². The van der Waals surface area contributed by atoms with Crippen molar-refractivity contribution >= 4 is 17.6 Å². The molecule has 0 bridgehead atoms. The summed E-state index contributed by atoms with van der Waals surface area (Å²) < 4.78 is 1.52. The van der Waals surface area contributed by atoms with Crippen LogP contribution in [0, 0.1) is 0 Å². The maximum absolute atomic E-state index is 12.5. The number of hydrogen-bond acceptors (Lipinski definition) is 3. The van der Waals surface area contributed by atoms with Gasteiger partial charge in [-0.05, 0) is 25.0 Å². The smallest absolute Gasteiger partial charge is 0.319 e. The normalized spacial score (nSPS) is 14.9. The highest BCUT2D eigenvalue weighted by Crippen LogP contribution is 2.18. The number of carbonyl (C=O) groups is 2. The lowest BCUT2D eigenvalue weighted by atomic mass is 10.1. The third kappa shape index (κ3) is 4.75. The molecule has 7 heteroatoms. The Morgan fingerprint density at radius 3 is 2.59 bits per heavy atom. The van der Waals surface area contributed by atoms with Gasteiger partial charge in [0, 0.05) is 38.3 Å². The molecule has 3 rings (SSSR count). The van der Waals surface area contributed by atoms with Crippen LogP contribution in [0.4, 0.5) is 10.5 Å². The zero-order chi connectivity index (χ0) is 19.2. The summed E-state index contributed by atoms with van der Waals surface area (Å²) in [6.07, 6.45) is 3.03. The topological polar surface area (TPSA) is 83.4 Å². The molecule has 1 atom stereocenters. The van der Waals surface area contributed by atoms with Crippen LogP contribution in [-0.2, 0) is 11.3 Å². The highest BCUT2D eigenvalue weighted by atomic mass is 16.2. The van der Waals surface area contributed by atoms with E-state index in [0.717, 1.165) is 12.0 Å². The Bertz CT molecular complexity index is 863. The van der Waals surface area contributed by atoms with Crippen LogP contribution in [0.2, 0.25) is 0 Å². The number of aryl methyl sites for hydroxylation is 1. The Labute approximate surface area is 158 Å². The van der Waals surface area contributed by atoms with Crippen molar-refractivity contribution in [2.45, 2.75) is 32.4 Å². The molecule has 27 heavy (non-hydrogen) atoms. The molecule has 1 aromatic heterocycles. The van der Waals surface area contributed by atoms with Crippen molar-refractivity contribution in [1.82, 2.24) is 14.8 Å². The minimum absolute atomic E-state index is 0.113. The van der Waals surface area contributed by atoms with E-state index in [2.05, 4.69) is 10.6 Å². The first-order valence-electron chi connectivity index (χ1n) is 9.17. The second kappa shape index (κ2) is 8.53. The predicted octanol–water partition coefficient (Wildman–Crippen LogP) is 2.35. The van der Waals surface area contributed by atoms with Crippen LogP contribution in [0.25, 0.3) is 0 Å². The Kier molecular flexibility index (Phi) is 5.90. The first kappa shape index (κ1) is 18.7. The molecule has 142 valence electrons. The van der Waals surface area contributed by atoms with Crippen molar-refractivity contribution in [2.24, 2.45) is 0 Å². The van der Waals surface area contributed by atoms with Crippen LogP contribution < -0.4 is 16.2 Å². The standard InChI is InChI=1S/C20H24N4O3/c1-2-23-13-16(10-11-19(23)26)21-20(27)22-17(15-7-4-3-5-8-15)14-24-12-6-9-18(24)25/h3-5,7-8,10-11,13,17H,2,6,9,12,14H2,1H3,(H2,21,22,27). The molecule has 1 aromatic carbocycles. The molecule has 1 fully saturated rings. The Balaban J connectivity index is 1.72. The maximum Gasteiger partial charge on any atom is 0.319 e. The highest BCUT2D eigenvalue weighted by molar-refractivity contribution is 5.89. The van der Waals surface area contributed by atoms with Gasteiger partial charge in [0.2, 0.25) is 5.91 Å². The quantitative estimate of drug-likeness (QED) is 0.821. The molecule has 1 saturated heterocycles. The zero-order valence-electron chi connectivity index (χ0n) is 15.4. The SMILES string of the molecule is CCn1cc(NC(=O)NC(CN2CCCC2=O)c2ccccc2)ccc1=O. The van der Waals surface area contributed by atoms with Crippen LogP contribution in [0.3, 0.4) is 0 Å². The van der Waals surface area contributed by atoms with Gasteiger partial charge in [-0.1, -0.05) is 30.3 Å².